The first-order valence-corrected chi connectivity index (χ1v) is 8.49. The fourth-order valence-electron chi connectivity index (χ4n) is 3.58. The van der Waals surface area contributed by atoms with E-state index in [2.05, 4.69) is 4.98 Å². The van der Waals surface area contributed by atoms with Crippen molar-refractivity contribution >= 4 is 17.1 Å². The number of aryl methyl sites for hydroxylation is 1. The van der Waals surface area contributed by atoms with E-state index in [1.54, 1.807) is 22.4 Å². The Balaban J connectivity index is 1.56. The second kappa shape index (κ2) is 6.20. The van der Waals surface area contributed by atoms with E-state index in [0.717, 1.165) is 17.5 Å². The number of aromatic nitrogens is 3. The molecule has 0 saturated carbocycles. The zero-order valence-electron chi connectivity index (χ0n) is 14.1. The zero-order chi connectivity index (χ0) is 17.4. The summed E-state index contributed by atoms with van der Waals surface area (Å²) in [6, 6.07) is 13.5. The number of benzene rings is 1. The number of hydrogen-bond acceptors (Lipinski definition) is 3. The predicted octanol–water partition coefficient (Wildman–Crippen LogP) is 1.75. The molecule has 0 N–H and O–H groups in total. The maximum atomic E-state index is 12.6. The molecule has 128 valence electrons. The highest BCUT2D eigenvalue weighted by atomic mass is 16.2. The van der Waals surface area contributed by atoms with Gasteiger partial charge in [0, 0.05) is 26.3 Å². The maximum Gasteiger partial charge on any atom is 0.330 e. The first kappa shape index (κ1) is 15.6. The molecule has 1 fully saturated rings. The number of hydrogen-bond donors (Lipinski definition) is 0. The quantitative estimate of drug-likeness (QED) is 0.732. The van der Waals surface area contributed by atoms with E-state index in [-0.39, 0.29) is 17.6 Å². The summed E-state index contributed by atoms with van der Waals surface area (Å²) in [5, 5.41) is 0. The van der Waals surface area contributed by atoms with E-state index in [1.165, 1.54) is 0 Å². The minimum absolute atomic E-state index is 0.0224. The highest BCUT2D eigenvalue weighted by Crippen LogP contribution is 2.24. The van der Waals surface area contributed by atoms with E-state index in [1.807, 2.05) is 47.4 Å². The van der Waals surface area contributed by atoms with Crippen LogP contribution in [0, 0.1) is 0 Å². The minimum atomic E-state index is -0.0731. The van der Waals surface area contributed by atoms with Crippen molar-refractivity contribution in [2.45, 2.75) is 18.9 Å². The molecule has 0 spiro atoms. The van der Waals surface area contributed by atoms with Gasteiger partial charge in [0.25, 0.3) is 0 Å². The summed E-state index contributed by atoms with van der Waals surface area (Å²) in [6.07, 6.45) is 2.87. The van der Waals surface area contributed by atoms with E-state index < -0.39 is 0 Å². The van der Waals surface area contributed by atoms with Gasteiger partial charge in [-0.25, -0.2) is 9.78 Å². The number of pyridine rings is 1. The summed E-state index contributed by atoms with van der Waals surface area (Å²) in [6.45, 7) is 1.23. The summed E-state index contributed by atoms with van der Waals surface area (Å²) in [5.41, 5.74) is 2.45. The van der Waals surface area contributed by atoms with E-state index in [4.69, 9.17) is 0 Å². The number of carbonyl (C=O) groups excluding carboxylic acids is 1. The predicted molar refractivity (Wildman–Crippen MR) is 95.4 cm³/mol. The molecular formula is C19H20N4O2. The van der Waals surface area contributed by atoms with Gasteiger partial charge in [-0.1, -0.05) is 30.3 Å². The standard InChI is InChI=1S/C19H20N4O2/c1-21-16-8-5-10-20-18(16)23(19(21)25)15-9-11-22(13-15)17(24)12-14-6-3-2-4-7-14/h2-8,10,15H,9,11-13H2,1H3/t15-/m1/s1. The molecular weight excluding hydrogens is 316 g/mol. The first-order chi connectivity index (χ1) is 12.1. The largest absolute Gasteiger partial charge is 0.340 e. The molecule has 1 amide bonds. The van der Waals surface area contributed by atoms with E-state index in [9.17, 15) is 9.59 Å². The molecule has 6 heteroatoms. The summed E-state index contributed by atoms with van der Waals surface area (Å²) >= 11 is 0. The van der Waals surface area contributed by atoms with Gasteiger partial charge in [-0.2, -0.15) is 0 Å². The van der Waals surface area contributed by atoms with Gasteiger partial charge in [0.1, 0.15) is 0 Å². The molecule has 1 aromatic carbocycles. The molecule has 0 unspecified atom stereocenters. The van der Waals surface area contributed by atoms with Gasteiger partial charge in [0.05, 0.1) is 18.0 Å². The van der Waals surface area contributed by atoms with Crippen LogP contribution in [0.5, 0.6) is 0 Å². The topological polar surface area (TPSA) is 60.1 Å². The van der Waals surface area contributed by atoms with Crippen LogP contribution < -0.4 is 5.69 Å². The molecule has 3 aromatic rings. The molecule has 1 aliphatic heterocycles. The van der Waals surface area contributed by atoms with Gasteiger partial charge >= 0.3 is 5.69 Å². The summed E-state index contributed by atoms with van der Waals surface area (Å²) in [5.74, 6) is 0.106. The van der Waals surface area contributed by atoms with Crippen molar-refractivity contribution in [2.24, 2.45) is 7.05 Å². The fourth-order valence-corrected chi connectivity index (χ4v) is 3.58. The highest BCUT2D eigenvalue weighted by molar-refractivity contribution is 5.79. The number of rotatable bonds is 3. The molecule has 2 aromatic heterocycles. The van der Waals surface area contributed by atoms with Gasteiger partial charge in [-0.15, -0.1) is 0 Å². The molecule has 6 nitrogen and oxygen atoms in total. The van der Waals surface area contributed by atoms with Crippen LogP contribution in [-0.2, 0) is 18.3 Å². The first-order valence-electron chi connectivity index (χ1n) is 8.49. The van der Waals surface area contributed by atoms with Crippen LogP contribution in [-0.4, -0.2) is 38.0 Å². The Morgan fingerprint density at radius 2 is 2.00 bits per heavy atom. The average Bonchev–Trinajstić information content (AvgIpc) is 3.20. The van der Waals surface area contributed by atoms with Crippen LogP contribution in [0.1, 0.15) is 18.0 Å². The van der Waals surface area contributed by atoms with Crippen molar-refractivity contribution in [1.29, 1.82) is 0 Å². The lowest BCUT2D eigenvalue weighted by Crippen LogP contribution is -2.32. The molecule has 1 aliphatic rings. The van der Waals surface area contributed by atoms with Crippen molar-refractivity contribution < 1.29 is 4.79 Å². The van der Waals surface area contributed by atoms with Crippen LogP contribution in [0.3, 0.4) is 0 Å². The Labute approximate surface area is 145 Å². The van der Waals surface area contributed by atoms with Gasteiger partial charge < -0.3 is 4.90 Å². The molecule has 25 heavy (non-hydrogen) atoms. The van der Waals surface area contributed by atoms with Gasteiger partial charge in [-0.05, 0) is 24.1 Å². The second-order valence-electron chi connectivity index (χ2n) is 6.50. The number of nitrogens with zero attached hydrogens (tertiary/aromatic N) is 4. The molecule has 0 bridgehead atoms. The zero-order valence-corrected chi connectivity index (χ0v) is 14.1. The van der Waals surface area contributed by atoms with Crippen LogP contribution in [0.25, 0.3) is 11.2 Å². The van der Waals surface area contributed by atoms with Gasteiger partial charge in [0.15, 0.2) is 5.65 Å². The number of fused-ring (bicyclic) bond motifs is 1. The smallest absolute Gasteiger partial charge is 0.330 e. The molecule has 0 aliphatic carbocycles. The van der Waals surface area contributed by atoms with E-state index >= 15 is 0 Å². The minimum Gasteiger partial charge on any atom is -0.340 e. The molecule has 3 heterocycles. The lowest BCUT2D eigenvalue weighted by Gasteiger charge is -2.17. The van der Waals surface area contributed by atoms with Crippen LogP contribution in [0.15, 0.2) is 53.5 Å². The van der Waals surface area contributed by atoms with Crippen LogP contribution in [0.2, 0.25) is 0 Å². The van der Waals surface area contributed by atoms with Crippen LogP contribution in [0.4, 0.5) is 0 Å². The molecule has 4 rings (SSSR count). The van der Waals surface area contributed by atoms with Crippen molar-refractivity contribution in [3.05, 3.63) is 64.7 Å². The highest BCUT2D eigenvalue weighted by Gasteiger charge is 2.30. The molecule has 0 radical (unpaired) electrons. The monoisotopic (exact) mass is 336 g/mol. The Hall–Kier alpha value is -2.89. The molecule has 1 saturated heterocycles. The normalized spacial score (nSPS) is 17.3. The maximum absolute atomic E-state index is 12.6. The van der Waals surface area contributed by atoms with Gasteiger partial charge in [0.2, 0.25) is 5.91 Å². The Bertz CT molecular complexity index is 974. The van der Waals surface area contributed by atoms with Crippen molar-refractivity contribution in [1.82, 2.24) is 19.0 Å². The van der Waals surface area contributed by atoms with Crippen LogP contribution >= 0.6 is 0 Å². The lowest BCUT2D eigenvalue weighted by molar-refractivity contribution is -0.129. The van der Waals surface area contributed by atoms with Gasteiger partial charge in [-0.3, -0.25) is 13.9 Å². The molecule has 1 atom stereocenters. The Morgan fingerprint density at radius 3 is 2.80 bits per heavy atom. The van der Waals surface area contributed by atoms with Crippen molar-refractivity contribution in [3.63, 3.8) is 0 Å². The van der Waals surface area contributed by atoms with E-state index in [0.29, 0.717) is 25.2 Å². The van der Waals surface area contributed by atoms with Crippen molar-refractivity contribution in [2.75, 3.05) is 13.1 Å². The summed E-state index contributed by atoms with van der Waals surface area (Å²) in [4.78, 5) is 31.4. The number of carbonyl (C=O) groups is 1. The fraction of sp³-hybridized carbons (Fsp3) is 0.316. The van der Waals surface area contributed by atoms with Crippen molar-refractivity contribution in [3.8, 4) is 0 Å². The second-order valence-corrected chi connectivity index (χ2v) is 6.50. The SMILES string of the molecule is Cn1c(=O)n([C@@H]2CCN(C(=O)Cc3ccccc3)C2)c2ncccc21. The lowest BCUT2D eigenvalue weighted by atomic mass is 10.1. The third-order valence-corrected chi connectivity index (χ3v) is 4.93. The summed E-state index contributed by atoms with van der Waals surface area (Å²) in [7, 11) is 1.76. The Kier molecular flexibility index (Phi) is 3.87. The number of amides is 1. The Morgan fingerprint density at radius 1 is 1.20 bits per heavy atom. The average molecular weight is 336 g/mol. The number of imidazole rings is 1. The third kappa shape index (κ3) is 2.73. The third-order valence-electron chi connectivity index (χ3n) is 4.93. The summed E-state index contributed by atoms with van der Waals surface area (Å²) < 4.78 is 3.36. The number of likely N-dealkylation sites (tertiary alicyclic amines) is 1.